The third-order valence-electron chi connectivity index (χ3n) is 3.38. The minimum atomic E-state index is -3.02. The lowest BCUT2D eigenvalue weighted by Gasteiger charge is -2.23. The average Bonchev–Trinajstić information content (AvgIpc) is 2.40. The van der Waals surface area contributed by atoms with Crippen molar-refractivity contribution in [2.45, 2.75) is 18.9 Å². The first-order valence-corrected chi connectivity index (χ1v) is 8.72. The van der Waals surface area contributed by atoms with E-state index < -0.39 is 9.84 Å². The second-order valence-electron chi connectivity index (χ2n) is 5.20. The fourth-order valence-electron chi connectivity index (χ4n) is 2.29. The molecular weight excluding hydrogens is 295 g/mol. The molecule has 1 aromatic carbocycles. The van der Waals surface area contributed by atoms with E-state index in [0.29, 0.717) is 19.5 Å². The van der Waals surface area contributed by atoms with Crippen LogP contribution in [0.25, 0.3) is 0 Å². The summed E-state index contributed by atoms with van der Waals surface area (Å²) < 4.78 is 35.7. The van der Waals surface area contributed by atoms with Gasteiger partial charge in [-0.1, -0.05) is 12.1 Å². The number of hydrogen-bond acceptors (Lipinski definition) is 4. The Morgan fingerprint density at radius 1 is 1.33 bits per heavy atom. The number of rotatable bonds is 5. The van der Waals surface area contributed by atoms with Crippen molar-refractivity contribution in [1.82, 2.24) is 10.6 Å². The summed E-state index contributed by atoms with van der Waals surface area (Å²) in [5, 5.41) is 5.79. The number of nitrogens with one attached hydrogen (secondary N) is 2. The maximum Gasteiger partial charge on any atom is 0.221 e. The number of sulfone groups is 1. The van der Waals surface area contributed by atoms with Crippen LogP contribution in [0.1, 0.15) is 12.0 Å². The van der Waals surface area contributed by atoms with Gasteiger partial charge in [0.2, 0.25) is 5.91 Å². The van der Waals surface area contributed by atoms with Crippen LogP contribution in [0.5, 0.6) is 0 Å². The molecule has 0 bridgehead atoms. The van der Waals surface area contributed by atoms with Crippen LogP contribution in [-0.2, 0) is 21.1 Å². The van der Waals surface area contributed by atoms with E-state index in [1.165, 1.54) is 12.1 Å². The predicted octanol–water partition coefficient (Wildman–Crippen LogP) is 0.261. The molecule has 0 radical (unpaired) electrons. The van der Waals surface area contributed by atoms with Gasteiger partial charge in [-0.15, -0.1) is 0 Å². The fraction of sp³-hybridized carbons (Fsp3) is 0.500. The van der Waals surface area contributed by atoms with Gasteiger partial charge in [-0.05, 0) is 24.1 Å². The summed E-state index contributed by atoms with van der Waals surface area (Å²) in [5.74, 6) is -0.312. The molecular formula is C14H19FN2O3S. The Kier molecular flexibility index (Phi) is 5.30. The fourth-order valence-corrected chi connectivity index (χ4v) is 3.74. The van der Waals surface area contributed by atoms with Gasteiger partial charge in [-0.25, -0.2) is 12.8 Å². The maximum atomic E-state index is 12.7. The van der Waals surface area contributed by atoms with Crippen molar-refractivity contribution in [2.75, 3.05) is 24.6 Å². The van der Waals surface area contributed by atoms with Crippen LogP contribution in [0.4, 0.5) is 4.39 Å². The highest BCUT2D eigenvalue weighted by Gasteiger charge is 2.25. The van der Waals surface area contributed by atoms with Crippen LogP contribution in [0, 0.1) is 5.82 Å². The monoisotopic (exact) mass is 314 g/mol. The summed E-state index contributed by atoms with van der Waals surface area (Å²) in [6.45, 7) is 0.847. The van der Waals surface area contributed by atoms with Crippen LogP contribution < -0.4 is 10.6 Å². The second-order valence-corrected chi connectivity index (χ2v) is 7.42. The average molecular weight is 314 g/mol. The van der Waals surface area contributed by atoms with E-state index >= 15 is 0 Å². The lowest BCUT2D eigenvalue weighted by Crippen LogP contribution is -2.47. The van der Waals surface area contributed by atoms with Gasteiger partial charge in [-0.2, -0.15) is 0 Å². The van der Waals surface area contributed by atoms with Gasteiger partial charge in [0.1, 0.15) is 5.82 Å². The minimum Gasteiger partial charge on any atom is -0.356 e. The third-order valence-corrected chi connectivity index (χ3v) is 5.12. The molecule has 1 unspecified atom stereocenters. The first-order chi connectivity index (χ1) is 9.94. The quantitative estimate of drug-likeness (QED) is 0.817. The molecule has 1 aliphatic heterocycles. The molecule has 116 valence electrons. The van der Waals surface area contributed by atoms with Gasteiger partial charge in [0.25, 0.3) is 0 Å². The second kappa shape index (κ2) is 7.00. The molecule has 0 saturated carbocycles. The molecule has 1 aromatic rings. The van der Waals surface area contributed by atoms with Crippen LogP contribution in [0.2, 0.25) is 0 Å². The normalized spacial score (nSPS) is 20.9. The summed E-state index contributed by atoms with van der Waals surface area (Å²) in [7, 11) is -3.02. The van der Waals surface area contributed by atoms with E-state index in [9.17, 15) is 17.6 Å². The largest absolute Gasteiger partial charge is 0.356 e. The lowest BCUT2D eigenvalue weighted by atomic mass is 10.1. The number of benzene rings is 1. The Bertz CT molecular complexity index is 587. The molecule has 0 aromatic heterocycles. The third kappa shape index (κ3) is 5.43. The molecule has 0 spiro atoms. The molecule has 1 amide bonds. The first kappa shape index (κ1) is 15.9. The summed E-state index contributed by atoms with van der Waals surface area (Å²) in [6, 6.07) is 5.81. The van der Waals surface area contributed by atoms with Crippen molar-refractivity contribution in [3.05, 3.63) is 35.6 Å². The SMILES string of the molecule is O=C(CC1CS(=O)(=O)CCN1)NCCc1ccc(F)cc1. The lowest BCUT2D eigenvalue weighted by molar-refractivity contribution is -0.121. The highest BCUT2D eigenvalue weighted by Crippen LogP contribution is 2.05. The Balaban J connectivity index is 1.71. The standard InChI is InChI=1S/C14H19FN2O3S/c15-12-3-1-11(2-4-12)5-6-17-14(18)9-13-10-21(19,20)8-7-16-13/h1-4,13,16H,5-10H2,(H,17,18). The van der Waals surface area contributed by atoms with E-state index in [1.54, 1.807) is 12.1 Å². The Hall–Kier alpha value is -1.47. The molecule has 1 atom stereocenters. The zero-order chi connectivity index (χ0) is 15.3. The summed E-state index contributed by atoms with van der Waals surface area (Å²) in [4.78, 5) is 11.8. The number of carbonyl (C=O) groups is 1. The van der Waals surface area contributed by atoms with E-state index in [2.05, 4.69) is 10.6 Å². The van der Waals surface area contributed by atoms with E-state index in [-0.39, 0.29) is 35.7 Å². The van der Waals surface area contributed by atoms with Crippen LogP contribution in [0.15, 0.2) is 24.3 Å². The molecule has 1 heterocycles. The Labute approximate surface area is 123 Å². The first-order valence-electron chi connectivity index (χ1n) is 6.89. The topological polar surface area (TPSA) is 75.3 Å². The molecule has 5 nitrogen and oxygen atoms in total. The number of halogens is 1. The number of hydrogen-bond donors (Lipinski definition) is 2. The van der Waals surface area contributed by atoms with Crippen molar-refractivity contribution in [1.29, 1.82) is 0 Å². The molecule has 2 rings (SSSR count). The molecule has 21 heavy (non-hydrogen) atoms. The van der Waals surface area contributed by atoms with Crippen molar-refractivity contribution in [3.63, 3.8) is 0 Å². The van der Waals surface area contributed by atoms with E-state index in [1.807, 2.05) is 0 Å². The summed E-state index contributed by atoms with van der Waals surface area (Å²) >= 11 is 0. The van der Waals surface area contributed by atoms with Gasteiger partial charge in [0, 0.05) is 25.6 Å². The number of carbonyl (C=O) groups excluding carboxylic acids is 1. The minimum absolute atomic E-state index is 0.0123. The zero-order valence-electron chi connectivity index (χ0n) is 11.6. The highest BCUT2D eigenvalue weighted by molar-refractivity contribution is 7.91. The van der Waals surface area contributed by atoms with Crippen LogP contribution in [-0.4, -0.2) is 45.0 Å². The van der Waals surface area contributed by atoms with Crippen molar-refractivity contribution in [3.8, 4) is 0 Å². The molecule has 1 saturated heterocycles. The maximum absolute atomic E-state index is 12.7. The molecule has 1 fully saturated rings. The van der Waals surface area contributed by atoms with Crippen LogP contribution >= 0.6 is 0 Å². The van der Waals surface area contributed by atoms with Crippen molar-refractivity contribution >= 4 is 15.7 Å². The van der Waals surface area contributed by atoms with Gasteiger partial charge >= 0.3 is 0 Å². The van der Waals surface area contributed by atoms with Gasteiger partial charge in [0.05, 0.1) is 11.5 Å². The summed E-state index contributed by atoms with van der Waals surface area (Å²) in [5.41, 5.74) is 0.940. The van der Waals surface area contributed by atoms with Crippen molar-refractivity contribution < 1.29 is 17.6 Å². The molecule has 0 aliphatic carbocycles. The molecule has 2 N–H and O–H groups in total. The Morgan fingerprint density at radius 2 is 2.05 bits per heavy atom. The molecule has 7 heteroatoms. The van der Waals surface area contributed by atoms with E-state index in [0.717, 1.165) is 5.56 Å². The van der Waals surface area contributed by atoms with Gasteiger partial charge in [-0.3, -0.25) is 4.79 Å². The van der Waals surface area contributed by atoms with Crippen LogP contribution in [0.3, 0.4) is 0 Å². The predicted molar refractivity (Wildman–Crippen MR) is 78.2 cm³/mol. The Morgan fingerprint density at radius 3 is 2.71 bits per heavy atom. The van der Waals surface area contributed by atoms with E-state index in [4.69, 9.17) is 0 Å². The van der Waals surface area contributed by atoms with Gasteiger partial charge in [0.15, 0.2) is 9.84 Å². The number of amides is 1. The highest BCUT2D eigenvalue weighted by atomic mass is 32.2. The zero-order valence-corrected chi connectivity index (χ0v) is 12.5. The van der Waals surface area contributed by atoms with Gasteiger partial charge < -0.3 is 10.6 Å². The molecule has 1 aliphatic rings. The smallest absolute Gasteiger partial charge is 0.221 e. The summed E-state index contributed by atoms with van der Waals surface area (Å²) in [6.07, 6.45) is 0.769. The van der Waals surface area contributed by atoms with Crippen molar-refractivity contribution in [2.24, 2.45) is 0 Å².